The molecule has 0 spiro atoms. The van der Waals surface area contributed by atoms with Crippen molar-refractivity contribution in [3.8, 4) is 17.3 Å². The molecule has 0 saturated carbocycles. The number of ether oxygens (including phenoxy) is 1. The van der Waals surface area contributed by atoms with Gasteiger partial charge >= 0.3 is 5.69 Å². The first kappa shape index (κ1) is 25.6. The van der Waals surface area contributed by atoms with Crippen LogP contribution in [-0.4, -0.2) is 77.6 Å². The van der Waals surface area contributed by atoms with E-state index in [1.165, 1.54) is 21.4 Å². The van der Waals surface area contributed by atoms with Gasteiger partial charge in [0, 0.05) is 44.4 Å². The van der Waals surface area contributed by atoms with Crippen LogP contribution in [-0.2, 0) is 11.2 Å². The molecule has 4 bridgehead atoms. The minimum atomic E-state index is -0.644. The minimum absolute atomic E-state index is 0.0730. The zero-order valence-electron chi connectivity index (χ0n) is 22.4. The molecule has 40 heavy (non-hydrogen) atoms. The molecular weight excluding hydrogens is 517 g/mol. The van der Waals surface area contributed by atoms with E-state index in [0.29, 0.717) is 54.3 Å². The highest BCUT2D eigenvalue weighted by molar-refractivity contribution is 5.90. The number of carbonyl (C=O) groups excluding carboxylic acids is 1. The zero-order valence-corrected chi connectivity index (χ0v) is 22.4. The highest BCUT2D eigenvalue weighted by Gasteiger charge is 2.31. The molecule has 1 amide bonds. The second-order valence-electron chi connectivity index (χ2n) is 10.2. The number of fused-ring (bicyclic) bond motifs is 6. The summed E-state index contributed by atoms with van der Waals surface area (Å²) in [4.78, 5) is 43.4. The van der Waals surface area contributed by atoms with Crippen molar-refractivity contribution in [1.29, 1.82) is 0 Å². The standard InChI is InChI=1S/C27H28FN9O3/c1-5-21(38)34-9-10-35(16(4)13-34)24-18-12-19(28)26-30-25(18)37(27(39)31-24)23-20(6-8-29-22(23)15(2)3)40-11-7-17-14-36(26)33-32-17/h5-6,8,12,14-16H,1,7,9-11,13H2,2-4H3/t16-/m0/s1. The van der Waals surface area contributed by atoms with Gasteiger partial charge in [0.1, 0.15) is 17.3 Å². The molecule has 4 aromatic heterocycles. The zero-order chi connectivity index (χ0) is 28.1. The lowest BCUT2D eigenvalue weighted by Crippen LogP contribution is -2.54. The monoisotopic (exact) mass is 545 g/mol. The van der Waals surface area contributed by atoms with Crippen LogP contribution in [0, 0.1) is 5.82 Å². The van der Waals surface area contributed by atoms with Crippen molar-refractivity contribution in [2.45, 2.75) is 39.2 Å². The van der Waals surface area contributed by atoms with Crippen molar-refractivity contribution in [2.75, 3.05) is 31.1 Å². The molecular formula is C27H28FN9O3. The van der Waals surface area contributed by atoms with Crippen LogP contribution < -0.4 is 15.3 Å². The van der Waals surface area contributed by atoms with Gasteiger partial charge in [0.2, 0.25) is 5.91 Å². The molecule has 206 valence electrons. The van der Waals surface area contributed by atoms with E-state index in [1.54, 1.807) is 23.4 Å². The number of rotatable bonds is 3. The van der Waals surface area contributed by atoms with E-state index in [-0.39, 0.29) is 41.8 Å². The van der Waals surface area contributed by atoms with Crippen molar-refractivity contribution >= 4 is 22.8 Å². The molecule has 0 N–H and O–H groups in total. The summed E-state index contributed by atoms with van der Waals surface area (Å²) in [7, 11) is 0. The first-order chi connectivity index (χ1) is 19.3. The molecule has 6 rings (SSSR count). The average Bonchev–Trinajstić information content (AvgIpc) is 3.40. The third kappa shape index (κ3) is 4.17. The molecule has 0 aliphatic carbocycles. The van der Waals surface area contributed by atoms with Gasteiger partial charge in [-0.1, -0.05) is 25.6 Å². The SMILES string of the molecule is C=CC(=O)N1CCN(c2nc(=O)n3c4nc(c(F)cc24)-n2cc(nn2)CCOc2ccnc(C(C)C)c2-3)[C@@H](C)C1. The Bertz CT molecular complexity index is 1710. The number of pyridine rings is 2. The molecule has 4 aromatic rings. The number of hydrogen-bond acceptors (Lipinski definition) is 9. The maximum Gasteiger partial charge on any atom is 0.356 e. The summed E-state index contributed by atoms with van der Waals surface area (Å²) in [5, 5.41) is 8.54. The van der Waals surface area contributed by atoms with Gasteiger partial charge in [-0.05, 0) is 25.0 Å². The number of aromatic nitrogens is 7. The molecule has 6 heterocycles. The lowest BCUT2D eigenvalue weighted by molar-refractivity contribution is -0.126. The second-order valence-corrected chi connectivity index (χ2v) is 10.2. The van der Waals surface area contributed by atoms with Gasteiger partial charge in [-0.3, -0.25) is 9.78 Å². The van der Waals surface area contributed by atoms with Gasteiger partial charge in [0.05, 0.1) is 29.6 Å². The summed E-state index contributed by atoms with van der Waals surface area (Å²) in [5.41, 5.74) is 1.20. The molecule has 1 saturated heterocycles. The van der Waals surface area contributed by atoms with Crippen LogP contribution in [0.2, 0.25) is 0 Å². The Balaban J connectivity index is 1.64. The van der Waals surface area contributed by atoms with Gasteiger partial charge in [-0.2, -0.15) is 9.67 Å². The number of carbonyl (C=O) groups is 1. The number of piperazine rings is 1. The van der Waals surface area contributed by atoms with Crippen molar-refractivity contribution < 1.29 is 13.9 Å². The van der Waals surface area contributed by atoms with Gasteiger partial charge in [0.15, 0.2) is 17.3 Å². The summed E-state index contributed by atoms with van der Waals surface area (Å²) in [6, 6.07) is 2.81. The topological polar surface area (TPSA) is 124 Å². The highest BCUT2D eigenvalue weighted by Crippen LogP contribution is 2.34. The Morgan fingerprint density at radius 1 is 1.25 bits per heavy atom. The molecule has 1 atom stereocenters. The normalized spacial score (nSPS) is 16.9. The predicted molar refractivity (Wildman–Crippen MR) is 145 cm³/mol. The largest absolute Gasteiger partial charge is 0.491 e. The highest BCUT2D eigenvalue weighted by atomic mass is 19.1. The van der Waals surface area contributed by atoms with Crippen LogP contribution in [0.15, 0.2) is 42.0 Å². The lowest BCUT2D eigenvalue weighted by Gasteiger charge is -2.40. The molecule has 2 aliphatic rings. The molecule has 0 unspecified atom stereocenters. The molecule has 13 heteroatoms. The lowest BCUT2D eigenvalue weighted by atomic mass is 10.1. The summed E-state index contributed by atoms with van der Waals surface area (Å²) in [5.74, 6) is -0.260. The fourth-order valence-electron chi connectivity index (χ4n) is 5.28. The van der Waals surface area contributed by atoms with E-state index in [0.717, 1.165) is 0 Å². The van der Waals surface area contributed by atoms with Gasteiger partial charge in [0.25, 0.3) is 0 Å². The number of hydrogen-bond donors (Lipinski definition) is 0. The number of anilines is 1. The third-order valence-electron chi connectivity index (χ3n) is 7.23. The van der Waals surface area contributed by atoms with Crippen molar-refractivity contribution in [3.63, 3.8) is 0 Å². The predicted octanol–water partition coefficient (Wildman–Crippen LogP) is 2.18. The van der Waals surface area contributed by atoms with E-state index < -0.39 is 11.5 Å². The smallest absolute Gasteiger partial charge is 0.356 e. The molecule has 0 aromatic carbocycles. The second kappa shape index (κ2) is 9.81. The van der Waals surface area contributed by atoms with Crippen LogP contribution >= 0.6 is 0 Å². The summed E-state index contributed by atoms with van der Waals surface area (Å²) >= 11 is 0. The van der Waals surface area contributed by atoms with E-state index in [9.17, 15) is 9.59 Å². The molecule has 1 fully saturated rings. The van der Waals surface area contributed by atoms with Crippen molar-refractivity contribution in [2.24, 2.45) is 0 Å². The Hall–Kier alpha value is -4.68. The maximum absolute atomic E-state index is 15.7. The summed E-state index contributed by atoms with van der Waals surface area (Å²) in [6.07, 6.45) is 4.93. The van der Waals surface area contributed by atoms with Crippen LogP contribution in [0.5, 0.6) is 5.75 Å². The van der Waals surface area contributed by atoms with Crippen LogP contribution in [0.3, 0.4) is 0 Å². The van der Waals surface area contributed by atoms with Gasteiger partial charge in [-0.15, -0.1) is 5.10 Å². The van der Waals surface area contributed by atoms with Gasteiger partial charge in [-0.25, -0.2) is 18.7 Å². The molecule has 12 nitrogen and oxygen atoms in total. The minimum Gasteiger partial charge on any atom is -0.491 e. The van der Waals surface area contributed by atoms with Crippen LogP contribution in [0.25, 0.3) is 22.5 Å². The van der Waals surface area contributed by atoms with E-state index in [4.69, 9.17) is 4.74 Å². The fraction of sp³-hybridized carbons (Fsp3) is 0.370. The maximum atomic E-state index is 15.7. The van der Waals surface area contributed by atoms with E-state index in [2.05, 4.69) is 31.8 Å². The number of halogens is 1. The quantitative estimate of drug-likeness (QED) is 0.356. The average molecular weight is 546 g/mol. The molecule has 0 radical (unpaired) electrons. The van der Waals surface area contributed by atoms with E-state index in [1.807, 2.05) is 25.7 Å². The summed E-state index contributed by atoms with van der Waals surface area (Å²) in [6.45, 7) is 10.9. The van der Waals surface area contributed by atoms with E-state index >= 15 is 4.39 Å². The van der Waals surface area contributed by atoms with Crippen molar-refractivity contribution in [3.05, 3.63) is 64.9 Å². The fourth-order valence-corrected chi connectivity index (χ4v) is 5.28. The number of amides is 1. The Kier molecular flexibility index (Phi) is 6.28. The third-order valence-corrected chi connectivity index (χ3v) is 7.23. The van der Waals surface area contributed by atoms with Crippen LogP contribution in [0.1, 0.15) is 38.1 Å². The molecule has 2 aliphatic heterocycles. The Morgan fingerprint density at radius 3 is 2.83 bits per heavy atom. The van der Waals surface area contributed by atoms with Crippen LogP contribution in [0.4, 0.5) is 10.2 Å². The summed E-state index contributed by atoms with van der Waals surface area (Å²) < 4.78 is 24.5. The van der Waals surface area contributed by atoms with Crippen molar-refractivity contribution in [1.82, 2.24) is 39.4 Å². The first-order valence-electron chi connectivity index (χ1n) is 13.1. The number of nitrogens with zero attached hydrogens (tertiary/aromatic N) is 9. The van der Waals surface area contributed by atoms with Gasteiger partial charge < -0.3 is 14.5 Å². The Morgan fingerprint density at radius 2 is 2.08 bits per heavy atom. The Labute approximate surface area is 228 Å². The first-order valence-corrected chi connectivity index (χ1v) is 13.1.